The van der Waals surface area contributed by atoms with Gasteiger partial charge in [0, 0.05) is 49.0 Å². The third-order valence-electron chi connectivity index (χ3n) is 8.06. The number of rotatable bonds is 13. The molecule has 0 unspecified atom stereocenters. The molecular weight excluding hydrogens is 610 g/mol. The molecule has 2 fully saturated rings. The van der Waals surface area contributed by atoms with Crippen LogP contribution in [0.2, 0.25) is 0 Å². The maximum Gasteiger partial charge on any atom is 0.256 e. The quantitative estimate of drug-likeness (QED) is 0.182. The van der Waals surface area contributed by atoms with Crippen molar-refractivity contribution in [2.75, 3.05) is 67.2 Å². The fraction of sp³-hybridized carbons (Fsp3) is 0.382. The van der Waals surface area contributed by atoms with Gasteiger partial charge in [0.05, 0.1) is 18.7 Å². The molecule has 45 heavy (non-hydrogen) atoms. The van der Waals surface area contributed by atoms with E-state index >= 15 is 0 Å². The minimum absolute atomic E-state index is 0.0118. The van der Waals surface area contributed by atoms with Crippen molar-refractivity contribution in [1.82, 2.24) is 9.80 Å². The molecule has 3 aromatic carbocycles. The second-order valence-electron chi connectivity index (χ2n) is 11.2. The van der Waals surface area contributed by atoms with Crippen molar-refractivity contribution in [1.29, 1.82) is 0 Å². The van der Waals surface area contributed by atoms with Crippen LogP contribution in [0.25, 0.3) is 0 Å². The second kappa shape index (κ2) is 15.6. The summed E-state index contributed by atoms with van der Waals surface area (Å²) in [6.45, 7) is 7.59. The summed E-state index contributed by atoms with van der Waals surface area (Å²) in [5.74, 6) is 0.0792. The van der Waals surface area contributed by atoms with Crippen molar-refractivity contribution < 1.29 is 18.7 Å². The monoisotopic (exact) mass is 649 g/mol. The Labute approximate surface area is 274 Å². The maximum atomic E-state index is 13.9. The number of thioether (sulfide) groups is 1. The minimum atomic E-state index is -0.696. The number of carbonyl (C=O) groups is 2. The van der Waals surface area contributed by atoms with Crippen LogP contribution in [-0.4, -0.2) is 84.9 Å². The van der Waals surface area contributed by atoms with Crippen LogP contribution in [0.3, 0.4) is 0 Å². The van der Waals surface area contributed by atoms with Crippen molar-refractivity contribution in [3.8, 4) is 5.75 Å². The lowest BCUT2D eigenvalue weighted by molar-refractivity contribution is -0.124. The largest absolute Gasteiger partial charge is 0.494 e. The lowest BCUT2D eigenvalue weighted by Crippen LogP contribution is -2.47. The van der Waals surface area contributed by atoms with E-state index in [0.717, 1.165) is 61.9 Å². The van der Waals surface area contributed by atoms with Crippen molar-refractivity contribution in [3.05, 3.63) is 78.6 Å². The van der Waals surface area contributed by atoms with E-state index in [1.165, 1.54) is 12.1 Å². The van der Waals surface area contributed by atoms with Crippen LogP contribution in [0.1, 0.15) is 26.2 Å². The highest BCUT2D eigenvalue weighted by molar-refractivity contribution is 7.98. The number of thiocarbonyl (C=S) groups is 1. The van der Waals surface area contributed by atoms with Crippen LogP contribution in [0.5, 0.6) is 5.75 Å². The summed E-state index contributed by atoms with van der Waals surface area (Å²) in [5.41, 5.74) is 2.39. The number of nitrogens with one attached hydrogen (secondary N) is 1. The van der Waals surface area contributed by atoms with Crippen LogP contribution in [0.4, 0.5) is 21.5 Å². The Morgan fingerprint density at radius 1 is 1.00 bits per heavy atom. The Morgan fingerprint density at radius 2 is 1.73 bits per heavy atom. The van der Waals surface area contributed by atoms with Gasteiger partial charge >= 0.3 is 0 Å². The average Bonchev–Trinajstić information content (AvgIpc) is 3.29. The standard InChI is InChI=1S/C34H40FN5O3S2/c1-3-22-43-29-14-10-26(11-15-29)36-32(41)24-31-33(42)40(28-6-4-7-30(23-28)45-2)34(44)39(31)17-5-16-37-18-20-38(21-19-37)27-12-8-25(35)9-13-27/h4,6-15,23,31H,3,5,16-22,24H2,1-2H3,(H,36,41)/t31-/m1/s1. The van der Waals surface area contributed by atoms with E-state index in [1.807, 2.05) is 66.6 Å². The smallest absolute Gasteiger partial charge is 0.256 e. The summed E-state index contributed by atoms with van der Waals surface area (Å²) in [4.78, 5) is 36.3. The van der Waals surface area contributed by atoms with E-state index in [1.54, 1.807) is 28.8 Å². The Kier molecular flexibility index (Phi) is 11.3. The number of ether oxygens (including phenoxy) is 1. The first kappa shape index (κ1) is 32.7. The first-order chi connectivity index (χ1) is 21.9. The lowest BCUT2D eigenvalue weighted by atomic mass is 10.1. The third kappa shape index (κ3) is 8.33. The van der Waals surface area contributed by atoms with Crippen molar-refractivity contribution >= 4 is 58.0 Å². The lowest BCUT2D eigenvalue weighted by Gasteiger charge is -2.36. The van der Waals surface area contributed by atoms with Gasteiger partial charge in [0.25, 0.3) is 5.91 Å². The number of hydrogen-bond donors (Lipinski definition) is 1. The molecule has 2 saturated heterocycles. The van der Waals surface area contributed by atoms with Gasteiger partial charge in [-0.15, -0.1) is 11.8 Å². The number of nitrogens with zero attached hydrogens (tertiary/aromatic N) is 4. The van der Waals surface area contributed by atoms with E-state index in [4.69, 9.17) is 17.0 Å². The van der Waals surface area contributed by atoms with Crippen LogP contribution < -0.4 is 19.9 Å². The van der Waals surface area contributed by atoms with Gasteiger partial charge in [-0.25, -0.2) is 4.39 Å². The van der Waals surface area contributed by atoms with Gasteiger partial charge in [0.2, 0.25) is 5.91 Å². The summed E-state index contributed by atoms with van der Waals surface area (Å²) in [7, 11) is 0. The predicted molar refractivity (Wildman–Crippen MR) is 184 cm³/mol. The summed E-state index contributed by atoms with van der Waals surface area (Å²) in [6, 6.07) is 21.0. The number of hydrogen-bond acceptors (Lipinski definition) is 7. The zero-order valence-corrected chi connectivity index (χ0v) is 27.4. The van der Waals surface area contributed by atoms with Gasteiger partial charge in [-0.05, 0) is 105 Å². The topological polar surface area (TPSA) is 68.4 Å². The molecule has 2 aliphatic heterocycles. The molecular formula is C34H40FN5O3S2. The second-order valence-corrected chi connectivity index (χ2v) is 12.4. The van der Waals surface area contributed by atoms with E-state index in [0.29, 0.717) is 29.6 Å². The summed E-state index contributed by atoms with van der Waals surface area (Å²) >= 11 is 7.49. The number of carbonyl (C=O) groups excluding carboxylic acids is 2. The fourth-order valence-corrected chi connectivity index (χ4v) is 6.53. The molecule has 1 atom stereocenters. The highest BCUT2D eigenvalue weighted by Crippen LogP contribution is 2.30. The Balaban J connectivity index is 1.22. The van der Waals surface area contributed by atoms with Crippen LogP contribution in [0, 0.1) is 5.82 Å². The number of halogens is 1. The average molecular weight is 650 g/mol. The van der Waals surface area contributed by atoms with Crippen molar-refractivity contribution in [2.45, 2.75) is 37.1 Å². The Hall–Kier alpha value is -3.67. The van der Waals surface area contributed by atoms with Gasteiger partial charge in [0.15, 0.2) is 5.11 Å². The maximum absolute atomic E-state index is 13.9. The molecule has 2 amide bonds. The molecule has 0 bridgehead atoms. The zero-order chi connectivity index (χ0) is 31.8. The highest BCUT2D eigenvalue weighted by Gasteiger charge is 2.44. The molecule has 11 heteroatoms. The number of benzene rings is 3. The fourth-order valence-electron chi connectivity index (χ4n) is 5.66. The first-order valence-corrected chi connectivity index (χ1v) is 17.0. The van der Waals surface area contributed by atoms with E-state index in [9.17, 15) is 14.0 Å². The molecule has 0 spiro atoms. The number of amides is 2. The molecule has 2 heterocycles. The zero-order valence-electron chi connectivity index (χ0n) is 25.8. The van der Waals surface area contributed by atoms with E-state index < -0.39 is 6.04 Å². The molecule has 2 aliphatic rings. The van der Waals surface area contributed by atoms with Gasteiger partial charge in [-0.3, -0.25) is 19.4 Å². The van der Waals surface area contributed by atoms with Crippen molar-refractivity contribution in [2.24, 2.45) is 0 Å². The Bertz CT molecular complexity index is 1470. The Morgan fingerprint density at radius 3 is 2.42 bits per heavy atom. The van der Waals surface area contributed by atoms with Crippen LogP contribution in [0.15, 0.2) is 77.7 Å². The van der Waals surface area contributed by atoms with Gasteiger partial charge in [0.1, 0.15) is 17.6 Å². The molecule has 5 rings (SSSR count). The molecule has 8 nitrogen and oxygen atoms in total. The molecule has 238 valence electrons. The van der Waals surface area contributed by atoms with Gasteiger partial charge in [-0.2, -0.15) is 0 Å². The first-order valence-electron chi connectivity index (χ1n) is 15.4. The SMILES string of the molecule is CCCOc1ccc(NC(=O)C[C@@H]2C(=O)N(c3cccc(SC)c3)C(=S)N2CCCN2CCN(c3ccc(F)cc3)CC2)cc1. The molecule has 0 aromatic heterocycles. The van der Waals surface area contributed by atoms with Gasteiger partial charge < -0.3 is 19.9 Å². The molecule has 0 saturated carbocycles. The number of piperazine rings is 1. The predicted octanol–water partition coefficient (Wildman–Crippen LogP) is 5.88. The normalized spacial score (nSPS) is 17.2. The molecule has 1 N–H and O–H groups in total. The molecule has 0 aliphatic carbocycles. The van der Waals surface area contributed by atoms with Crippen LogP contribution in [-0.2, 0) is 9.59 Å². The summed E-state index contributed by atoms with van der Waals surface area (Å²) in [6.07, 6.45) is 3.69. The highest BCUT2D eigenvalue weighted by atomic mass is 32.2. The minimum Gasteiger partial charge on any atom is -0.494 e. The third-order valence-corrected chi connectivity index (χ3v) is 9.20. The number of anilines is 3. The van der Waals surface area contributed by atoms with E-state index in [2.05, 4.69) is 15.1 Å². The summed E-state index contributed by atoms with van der Waals surface area (Å²) < 4.78 is 19.0. The molecule has 0 radical (unpaired) electrons. The van der Waals surface area contributed by atoms with Gasteiger partial charge in [-0.1, -0.05) is 13.0 Å². The summed E-state index contributed by atoms with van der Waals surface area (Å²) in [5, 5.41) is 3.36. The van der Waals surface area contributed by atoms with Crippen LogP contribution >= 0.6 is 24.0 Å². The van der Waals surface area contributed by atoms with Crippen molar-refractivity contribution in [3.63, 3.8) is 0 Å². The van der Waals surface area contributed by atoms with E-state index in [-0.39, 0.29) is 24.1 Å². The molecule has 3 aromatic rings.